The SMILES string of the molecule is CSC(C)CNC(=O)c1ccc(Br)cc1S. The quantitative estimate of drug-likeness (QED) is 0.834. The summed E-state index contributed by atoms with van der Waals surface area (Å²) in [5.74, 6) is -0.0709. The van der Waals surface area contributed by atoms with Crippen molar-refractivity contribution in [2.45, 2.75) is 17.1 Å². The molecule has 1 N–H and O–H groups in total. The van der Waals surface area contributed by atoms with Gasteiger partial charge in [0.15, 0.2) is 0 Å². The van der Waals surface area contributed by atoms with Gasteiger partial charge in [-0.15, -0.1) is 12.6 Å². The number of hydrogen-bond donors (Lipinski definition) is 2. The van der Waals surface area contributed by atoms with Crippen molar-refractivity contribution in [3.63, 3.8) is 0 Å². The van der Waals surface area contributed by atoms with Gasteiger partial charge in [0.05, 0.1) is 5.56 Å². The summed E-state index contributed by atoms with van der Waals surface area (Å²) in [5.41, 5.74) is 0.611. The van der Waals surface area contributed by atoms with E-state index in [-0.39, 0.29) is 5.91 Å². The van der Waals surface area contributed by atoms with Gasteiger partial charge in [0.2, 0.25) is 0 Å². The van der Waals surface area contributed by atoms with E-state index >= 15 is 0 Å². The van der Waals surface area contributed by atoms with E-state index in [1.807, 2.05) is 18.4 Å². The number of thiol groups is 1. The maximum atomic E-state index is 11.8. The second-order valence-electron chi connectivity index (χ2n) is 3.42. The van der Waals surface area contributed by atoms with Crippen molar-refractivity contribution < 1.29 is 4.79 Å². The van der Waals surface area contributed by atoms with Crippen LogP contribution in [0, 0.1) is 0 Å². The normalized spacial score (nSPS) is 12.2. The van der Waals surface area contributed by atoms with E-state index in [0.717, 1.165) is 4.47 Å². The Hall–Kier alpha value is -0.130. The number of rotatable bonds is 4. The maximum absolute atomic E-state index is 11.8. The molecule has 1 aromatic rings. The Kier molecular flexibility index (Phi) is 5.72. The molecule has 5 heteroatoms. The molecule has 1 amide bonds. The molecule has 0 aliphatic carbocycles. The first-order chi connectivity index (χ1) is 7.54. The molecule has 1 rings (SSSR count). The monoisotopic (exact) mass is 319 g/mol. The zero-order valence-corrected chi connectivity index (χ0v) is 12.5. The predicted molar refractivity (Wildman–Crippen MR) is 76.7 cm³/mol. The molecular formula is C11H14BrNOS2. The van der Waals surface area contributed by atoms with Crippen LogP contribution in [-0.2, 0) is 0 Å². The lowest BCUT2D eigenvalue weighted by molar-refractivity contribution is 0.0951. The van der Waals surface area contributed by atoms with Gasteiger partial charge in [-0.2, -0.15) is 11.8 Å². The molecule has 1 atom stereocenters. The van der Waals surface area contributed by atoms with Crippen LogP contribution in [0.4, 0.5) is 0 Å². The fourth-order valence-corrected chi connectivity index (χ4v) is 2.21. The zero-order valence-electron chi connectivity index (χ0n) is 9.16. The van der Waals surface area contributed by atoms with Gasteiger partial charge in [0, 0.05) is 21.2 Å². The second kappa shape index (κ2) is 6.57. The molecule has 0 saturated heterocycles. The molecule has 0 saturated carbocycles. The number of halogens is 1. The highest BCUT2D eigenvalue weighted by molar-refractivity contribution is 9.10. The molecule has 0 aliphatic heterocycles. The largest absolute Gasteiger partial charge is 0.351 e. The lowest BCUT2D eigenvalue weighted by Crippen LogP contribution is -2.29. The van der Waals surface area contributed by atoms with Gasteiger partial charge in [-0.05, 0) is 24.5 Å². The molecule has 0 bridgehead atoms. The standard InChI is InChI=1S/C11H14BrNOS2/c1-7(16-2)6-13-11(14)9-4-3-8(12)5-10(9)15/h3-5,7,15H,6H2,1-2H3,(H,13,14). The minimum absolute atomic E-state index is 0.0709. The smallest absolute Gasteiger partial charge is 0.252 e. The maximum Gasteiger partial charge on any atom is 0.252 e. The minimum Gasteiger partial charge on any atom is -0.351 e. The van der Waals surface area contributed by atoms with Crippen molar-refractivity contribution in [2.24, 2.45) is 0 Å². The van der Waals surface area contributed by atoms with Crippen LogP contribution >= 0.6 is 40.3 Å². The van der Waals surface area contributed by atoms with Gasteiger partial charge in [0.1, 0.15) is 0 Å². The van der Waals surface area contributed by atoms with Crippen LogP contribution in [0.1, 0.15) is 17.3 Å². The Bertz CT molecular complexity index is 384. The van der Waals surface area contributed by atoms with E-state index in [1.165, 1.54) is 0 Å². The molecule has 0 spiro atoms. The van der Waals surface area contributed by atoms with Crippen molar-refractivity contribution in [2.75, 3.05) is 12.8 Å². The molecule has 16 heavy (non-hydrogen) atoms. The summed E-state index contributed by atoms with van der Waals surface area (Å²) in [5, 5.41) is 3.31. The highest BCUT2D eigenvalue weighted by Crippen LogP contribution is 2.19. The van der Waals surface area contributed by atoms with Gasteiger partial charge >= 0.3 is 0 Å². The van der Waals surface area contributed by atoms with E-state index in [2.05, 4.69) is 40.8 Å². The summed E-state index contributed by atoms with van der Waals surface area (Å²) in [6.07, 6.45) is 2.03. The highest BCUT2D eigenvalue weighted by atomic mass is 79.9. The third-order valence-corrected chi connectivity index (χ3v) is 3.99. The number of amides is 1. The Morgan fingerprint density at radius 2 is 2.31 bits per heavy atom. The Morgan fingerprint density at radius 3 is 2.88 bits per heavy atom. The second-order valence-corrected chi connectivity index (χ2v) is 6.09. The number of benzene rings is 1. The first kappa shape index (κ1) is 13.9. The van der Waals surface area contributed by atoms with Gasteiger partial charge in [-0.25, -0.2) is 0 Å². The summed E-state index contributed by atoms with van der Waals surface area (Å²) < 4.78 is 0.923. The van der Waals surface area contributed by atoms with Crippen LogP contribution in [0.3, 0.4) is 0 Å². The number of thioether (sulfide) groups is 1. The first-order valence-electron chi connectivity index (χ1n) is 4.84. The third-order valence-electron chi connectivity index (χ3n) is 2.16. The summed E-state index contributed by atoms with van der Waals surface area (Å²) >= 11 is 9.34. The Morgan fingerprint density at radius 1 is 1.62 bits per heavy atom. The lowest BCUT2D eigenvalue weighted by atomic mass is 10.2. The Balaban J connectivity index is 2.66. The van der Waals surface area contributed by atoms with Gasteiger partial charge in [-0.3, -0.25) is 4.79 Å². The van der Waals surface area contributed by atoms with E-state index in [9.17, 15) is 4.79 Å². The molecule has 0 fully saturated rings. The van der Waals surface area contributed by atoms with Crippen LogP contribution in [-0.4, -0.2) is 24.0 Å². The fourth-order valence-electron chi connectivity index (χ4n) is 1.11. The molecule has 0 heterocycles. The number of nitrogens with one attached hydrogen (secondary N) is 1. The van der Waals surface area contributed by atoms with Crippen LogP contribution < -0.4 is 5.32 Å². The summed E-state index contributed by atoms with van der Waals surface area (Å²) in [7, 11) is 0. The van der Waals surface area contributed by atoms with Crippen LogP contribution in [0.2, 0.25) is 0 Å². The van der Waals surface area contributed by atoms with Crippen molar-refractivity contribution >= 4 is 46.2 Å². The van der Waals surface area contributed by atoms with Gasteiger partial charge < -0.3 is 5.32 Å². The average molecular weight is 320 g/mol. The van der Waals surface area contributed by atoms with Crippen LogP contribution in [0.25, 0.3) is 0 Å². The molecule has 0 aliphatic rings. The van der Waals surface area contributed by atoms with E-state index in [0.29, 0.717) is 22.3 Å². The van der Waals surface area contributed by atoms with E-state index in [1.54, 1.807) is 17.8 Å². The summed E-state index contributed by atoms with van der Waals surface area (Å²) in [6.45, 7) is 2.75. The predicted octanol–water partition coefficient (Wildman–Crippen LogP) is 3.22. The highest BCUT2D eigenvalue weighted by Gasteiger charge is 2.10. The number of hydrogen-bond acceptors (Lipinski definition) is 3. The number of carbonyl (C=O) groups is 1. The number of carbonyl (C=O) groups excluding carboxylic acids is 1. The molecule has 88 valence electrons. The summed E-state index contributed by atoms with van der Waals surface area (Å²) in [6, 6.07) is 5.42. The minimum atomic E-state index is -0.0709. The van der Waals surface area contributed by atoms with Crippen molar-refractivity contribution in [1.29, 1.82) is 0 Å². The molecule has 1 unspecified atom stereocenters. The molecule has 0 aromatic heterocycles. The first-order valence-corrected chi connectivity index (χ1v) is 7.37. The molecule has 2 nitrogen and oxygen atoms in total. The van der Waals surface area contributed by atoms with E-state index < -0.39 is 0 Å². The summed E-state index contributed by atoms with van der Waals surface area (Å²) in [4.78, 5) is 12.5. The van der Waals surface area contributed by atoms with Crippen molar-refractivity contribution in [3.8, 4) is 0 Å². The average Bonchev–Trinajstić information content (AvgIpc) is 2.25. The van der Waals surface area contributed by atoms with Crippen LogP contribution in [0.5, 0.6) is 0 Å². The topological polar surface area (TPSA) is 29.1 Å². The van der Waals surface area contributed by atoms with Crippen molar-refractivity contribution in [1.82, 2.24) is 5.32 Å². The molecule has 0 radical (unpaired) electrons. The molecular weight excluding hydrogens is 306 g/mol. The fraction of sp³-hybridized carbons (Fsp3) is 0.364. The Labute approximate surface area is 114 Å². The van der Waals surface area contributed by atoms with Crippen molar-refractivity contribution in [3.05, 3.63) is 28.2 Å². The molecule has 1 aromatic carbocycles. The van der Waals surface area contributed by atoms with E-state index in [4.69, 9.17) is 0 Å². The van der Waals surface area contributed by atoms with Gasteiger partial charge in [-0.1, -0.05) is 22.9 Å². The van der Waals surface area contributed by atoms with Crippen LogP contribution in [0.15, 0.2) is 27.6 Å². The zero-order chi connectivity index (χ0) is 12.1. The lowest BCUT2D eigenvalue weighted by Gasteiger charge is -2.11. The van der Waals surface area contributed by atoms with Gasteiger partial charge in [0.25, 0.3) is 5.91 Å². The third kappa shape index (κ3) is 4.03.